The van der Waals surface area contributed by atoms with Crippen molar-refractivity contribution in [3.05, 3.63) is 54.1 Å². The Morgan fingerprint density at radius 3 is 2.58 bits per heavy atom. The minimum absolute atomic E-state index is 0.0262. The summed E-state index contributed by atoms with van der Waals surface area (Å²) in [6.07, 6.45) is 1.84. The number of anilines is 1. The van der Waals surface area contributed by atoms with Crippen LogP contribution in [-0.4, -0.2) is 25.7 Å². The molecule has 0 radical (unpaired) electrons. The molecule has 0 spiro atoms. The molecular formula is C21H27N3O2. The van der Waals surface area contributed by atoms with Crippen molar-refractivity contribution in [3.8, 4) is 11.5 Å². The van der Waals surface area contributed by atoms with Crippen molar-refractivity contribution in [1.82, 2.24) is 0 Å². The van der Waals surface area contributed by atoms with E-state index in [0.717, 1.165) is 30.0 Å². The fraction of sp³-hybridized carbons (Fsp3) is 0.381. The molecule has 2 aromatic carbocycles. The van der Waals surface area contributed by atoms with Crippen LogP contribution >= 0.6 is 0 Å². The number of guanidine groups is 1. The highest BCUT2D eigenvalue weighted by Crippen LogP contribution is 2.32. The summed E-state index contributed by atoms with van der Waals surface area (Å²) in [6, 6.07) is 16.2. The molecular weight excluding hydrogens is 326 g/mol. The molecule has 0 amide bonds. The van der Waals surface area contributed by atoms with Gasteiger partial charge in [0.15, 0.2) is 17.5 Å². The van der Waals surface area contributed by atoms with Gasteiger partial charge in [-0.05, 0) is 29.5 Å². The molecule has 1 aliphatic heterocycles. The second-order valence-electron chi connectivity index (χ2n) is 7.37. The molecule has 0 fully saturated rings. The summed E-state index contributed by atoms with van der Waals surface area (Å²) in [7, 11) is 0. The Hall–Kier alpha value is -2.69. The molecule has 1 heterocycles. The summed E-state index contributed by atoms with van der Waals surface area (Å²) >= 11 is 0. The van der Waals surface area contributed by atoms with E-state index in [4.69, 9.17) is 15.2 Å². The summed E-state index contributed by atoms with van der Waals surface area (Å²) in [5, 5.41) is 3.14. The predicted molar refractivity (Wildman–Crippen MR) is 106 cm³/mol. The van der Waals surface area contributed by atoms with E-state index >= 15 is 0 Å². The molecule has 5 nitrogen and oxygen atoms in total. The fourth-order valence-electron chi connectivity index (χ4n) is 2.93. The van der Waals surface area contributed by atoms with Gasteiger partial charge in [0.05, 0.1) is 13.2 Å². The van der Waals surface area contributed by atoms with Crippen LogP contribution in [-0.2, 0) is 6.42 Å². The molecule has 0 saturated carbocycles. The number of hydrogen-bond donors (Lipinski definition) is 2. The van der Waals surface area contributed by atoms with Gasteiger partial charge in [0, 0.05) is 24.7 Å². The summed E-state index contributed by atoms with van der Waals surface area (Å²) in [5.41, 5.74) is 8.26. The number of ether oxygens (including phenoxy) is 2. The van der Waals surface area contributed by atoms with Gasteiger partial charge in [-0.15, -0.1) is 0 Å². The van der Waals surface area contributed by atoms with E-state index in [-0.39, 0.29) is 5.41 Å². The number of fused-ring (bicyclic) bond motifs is 1. The van der Waals surface area contributed by atoms with Crippen molar-refractivity contribution in [2.45, 2.75) is 26.7 Å². The molecule has 3 N–H and O–H groups in total. The van der Waals surface area contributed by atoms with Gasteiger partial charge in [-0.3, -0.25) is 4.99 Å². The highest BCUT2D eigenvalue weighted by molar-refractivity contribution is 5.92. The van der Waals surface area contributed by atoms with Crippen LogP contribution in [0.4, 0.5) is 5.69 Å². The zero-order chi connectivity index (χ0) is 18.4. The van der Waals surface area contributed by atoms with E-state index in [1.165, 1.54) is 5.56 Å². The third-order valence-corrected chi connectivity index (χ3v) is 4.22. The van der Waals surface area contributed by atoms with Gasteiger partial charge in [0.2, 0.25) is 0 Å². The number of aliphatic imine (C=N–C) groups is 1. The van der Waals surface area contributed by atoms with Crippen LogP contribution in [0.1, 0.15) is 25.8 Å². The minimum atomic E-state index is 0.0262. The molecule has 26 heavy (non-hydrogen) atoms. The van der Waals surface area contributed by atoms with E-state index < -0.39 is 0 Å². The maximum atomic E-state index is 6.08. The van der Waals surface area contributed by atoms with E-state index in [1.807, 2.05) is 24.3 Å². The Kier molecular flexibility index (Phi) is 5.66. The molecule has 0 aromatic heterocycles. The number of nitrogens with zero attached hydrogens (tertiary/aromatic N) is 1. The quantitative estimate of drug-likeness (QED) is 0.633. The molecule has 1 aliphatic rings. The van der Waals surface area contributed by atoms with Crippen LogP contribution < -0.4 is 20.5 Å². The lowest BCUT2D eigenvalue weighted by Gasteiger charge is -2.22. The Labute approximate surface area is 155 Å². The standard InChI is InChI=1S/C21H27N3O2/c1-21(2,14-16-7-4-3-5-8-16)15-23-20(22)24-17-9-10-18-19(13-17)26-12-6-11-25-18/h3-5,7-10,13H,6,11-12,14-15H2,1-2H3,(H3,22,23,24). The number of nitrogens with two attached hydrogens (primary N) is 1. The normalized spacial score (nSPS) is 14.6. The van der Waals surface area contributed by atoms with Crippen molar-refractivity contribution < 1.29 is 9.47 Å². The van der Waals surface area contributed by atoms with E-state index in [9.17, 15) is 0 Å². The van der Waals surface area contributed by atoms with Crippen molar-refractivity contribution >= 4 is 11.6 Å². The van der Waals surface area contributed by atoms with Gasteiger partial charge in [0.25, 0.3) is 0 Å². The van der Waals surface area contributed by atoms with Crippen LogP contribution in [0, 0.1) is 5.41 Å². The first-order chi connectivity index (χ1) is 12.5. The largest absolute Gasteiger partial charge is 0.490 e. The molecule has 0 aliphatic carbocycles. The first-order valence-corrected chi connectivity index (χ1v) is 9.02. The summed E-state index contributed by atoms with van der Waals surface area (Å²) in [4.78, 5) is 4.53. The lowest BCUT2D eigenvalue weighted by molar-refractivity contribution is 0.297. The topological polar surface area (TPSA) is 68.9 Å². The highest BCUT2D eigenvalue weighted by atomic mass is 16.5. The molecule has 0 saturated heterocycles. The summed E-state index contributed by atoms with van der Waals surface area (Å²) < 4.78 is 11.3. The van der Waals surface area contributed by atoms with Crippen LogP contribution in [0.5, 0.6) is 11.5 Å². The second kappa shape index (κ2) is 8.13. The number of nitrogens with one attached hydrogen (secondary N) is 1. The predicted octanol–water partition coefficient (Wildman–Crippen LogP) is 3.84. The Morgan fingerprint density at radius 1 is 1.08 bits per heavy atom. The number of hydrogen-bond acceptors (Lipinski definition) is 3. The van der Waals surface area contributed by atoms with Crippen LogP contribution in [0.3, 0.4) is 0 Å². The monoisotopic (exact) mass is 353 g/mol. The van der Waals surface area contributed by atoms with E-state index in [0.29, 0.717) is 25.7 Å². The lowest BCUT2D eigenvalue weighted by Crippen LogP contribution is -2.26. The van der Waals surface area contributed by atoms with Gasteiger partial charge < -0.3 is 20.5 Å². The second-order valence-corrected chi connectivity index (χ2v) is 7.37. The summed E-state index contributed by atoms with van der Waals surface area (Å²) in [5.74, 6) is 1.91. The average Bonchev–Trinajstić information content (AvgIpc) is 2.85. The SMILES string of the molecule is CC(C)(CN=C(N)Nc1ccc2c(c1)OCCCO2)Cc1ccccc1. The number of benzene rings is 2. The van der Waals surface area contributed by atoms with Crippen LogP contribution in [0.2, 0.25) is 0 Å². The molecule has 2 aromatic rings. The Balaban J connectivity index is 1.60. The molecule has 0 atom stereocenters. The highest BCUT2D eigenvalue weighted by Gasteiger charge is 2.18. The van der Waals surface area contributed by atoms with Crippen molar-refractivity contribution in [2.75, 3.05) is 25.1 Å². The van der Waals surface area contributed by atoms with Gasteiger partial charge in [-0.25, -0.2) is 0 Å². The fourth-order valence-corrected chi connectivity index (χ4v) is 2.93. The van der Waals surface area contributed by atoms with Crippen LogP contribution in [0.25, 0.3) is 0 Å². The van der Waals surface area contributed by atoms with Gasteiger partial charge in [-0.2, -0.15) is 0 Å². The van der Waals surface area contributed by atoms with Crippen molar-refractivity contribution in [1.29, 1.82) is 0 Å². The van der Waals surface area contributed by atoms with E-state index in [2.05, 4.69) is 48.4 Å². The smallest absolute Gasteiger partial charge is 0.193 e. The minimum Gasteiger partial charge on any atom is -0.490 e. The maximum absolute atomic E-state index is 6.08. The zero-order valence-corrected chi connectivity index (χ0v) is 15.5. The van der Waals surface area contributed by atoms with E-state index in [1.54, 1.807) is 0 Å². The maximum Gasteiger partial charge on any atom is 0.193 e. The zero-order valence-electron chi connectivity index (χ0n) is 15.5. The average molecular weight is 353 g/mol. The van der Waals surface area contributed by atoms with Gasteiger partial charge in [-0.1, -0.05) is 44.2 Å². The summed E-state index contributed by atoms with van der Waals surface area (Å²) in [6.45, 7) is 6.38. The van der Waals surface area contributed by atoms with Gasteiger partial charge in [0.1, 0.15) is 0 Å². The molecule has 0 bridgehead atoms. The van der Waals surface area contributed by atoms with Crippen LogP contribution in [0.15, 0.2) is 53.5 Å². The van der Waals surface area contributed by atoms with Crippen molar-refractivity contribution in [2.24, 2.45) is 16.1 Å². The third kappa shape index (κ3) is 5.15. The third-order valence-electron chi connectivity index (χ3n) is 4.22. The van der Waals surface area contributed by atoms with Crippen molar-refractivity contribution in [3.63, 3.8) is 0 Å². The molecule has 5 heteroatoms. The number of rotatable bonds is 5. The first-order valence-electron chi connectivity index (χ1n) is 9.02. The first kappa shape index (κ1) is 18.1. The van der Waals surface area contributed by atoms with Gasteiger partial charge >= 0.3 is 0 Å². The Bertz CT molecular complexity index is 757. The molecule has 0 unspecified atom stereocenters. The Morgan fingerprint density at radius 2 is 1.81 bits per heavy atom. The lowest BCUT2D eigenvalue weighted by atomic mass is 9.86. The molecule has 3 rings (SSSR count). The molecule has 138 valence electrons.